The molecule has 0 aliphatic rings. The van der Waals surface area contributed by atoms with Crippen LogP contribution in [-0.2, 0) is 6.42 Å². The van der Waals surface area contributed by atoms with Crippen LogP contribution in [0.15, 0.2) is 12.1 Å². The number of benzene rings is 1. The number of rotatable bonds is 4. The molecule has 0 radical (unpaired) electrons. The number of alkyl halides is 1. The third-order valence-electron chi connectivity index (χ3n) is 2.21. The Morgan fingerprint density at radius 2 is 2.13 bits per heavy atom. The summed E-state index contributed by atoms with van der Waals surface area (Å²) in [5.74, 6) is 0.364. The molecule has 0 spiro atoms. The van der Waals surface area contributed by atoms with Crippen molar-refractivity contribution in [2.75, 3.05) is 7.11 Å². The molecule has 0 aliphatic heterocycles. The van der Waals surface area contributed by atoms with Gasteiger partial charge in [-0.25, -0.2) is 0 Å². The Balaban J connectivity index is 2.95. The van der Waals surface area contributed by atoms with Crippen LogP contribution in [0.3, 0.4) is 0 Å². The average molecular weight is 249 g/mol. The standard InChI is InChI=1S/C11H14Cl2O2/c1-3-8(12)4-7-5-9(13)11(14)10(6-7)15-2/h5-6,8,14H,3-4H2,1-2H3. The molecule has 1 aromatic rings. The summed E-state index contributed by atoms with van der Waals surface area (Å²) in [5.41, 5.74) is 0.969. The van der Waals surface area contributed by atoms with Crippen molar-refractivity contribution in [2.24, 2.45) is 0 Å². The van der Waals surface area contributed by atoms with Crippen molar-refractivity contribution in [3.05, 3.63) is 22.7 Å². The molecule has 0 saturated carbocycles. The summed E-state index contributed by atoms with van der Waals surface area (Å²) in [4.78, 5) is 0. The molecule has 1 atom stereocenters. The van der Waals surface area contributed by atoms with Crippen LogP contribution in [0.2, 0.25) is 5.02 Å². The van der Waals surface area contributed by atoms with E-state index < -0.39 is 0 Å². The van der Waals surface area contributed by atoms with E-state index in [0.29, 0.717) is 17.2 Å². The molecule has 0 fully saturated rings. The summed E-state index contributed by atoms with van der Waals surface area (Å²) in [6.45, 7) is 2.02. The van der Waals surface area contributed by atoms with Gasteiger partial charge in [0.05, 0.1) is 12.1 Å². The summed E-state index contributed by atoms with van der Waals surface area (Å²) in [7, 11) is 1.49. The van der Waals surface area contributed by atoms with Crippen LogP contribution in [0.25, 0.3) is 0 Å². The average Bonchev–Trinajstić information content (AvgIpc) is 2.22. The van der Waals surface area contributed by atoms with E-state index in [1.165, 1.54) is 7.11 Å². The Morgan fingerprint density at radius 3 is 2.67 bits per heavy atom. The van der Waals surface area contributed by atoms with Crippen molar-refractivity contribution in [3.8, 4) is 11.5 Å². The van der Waals surface area contributed by atoms with Crippen LogP contribution in [0, 0.1) is 0 Å². The molecule has 1 aromatic carbocycles. The maximum Gasteiger partial charge on any atom is 0.176 e. The predicted octanol–water partition coefficient (Wildman–Crippen LogP) is 3.61. The van der Waals surface area contributed by atoms with E-state index in [4.69, 9.17) is 27.9 Å². The van der Waals surface area contributed by atoms with Crippen LogP contribution in [0.5, 0.6) is 11.5 Å². The third kappa shape index (κ3) is 3.18. The number of methoxy groups -OCH3 is 1. The first kappa shape index (κ1) is 12.5. The SMILES string of the molecule is CCC(Cl)Cc1cc(Cl)c(O)c(OC)c1. The quantitative estimate of drug-likeness (QED) is 0.826. The van der Waals surface area contributed by atoms with E-state index in [0.717, 1.165) is 12.0 Å². The molecule has 2 nitrogen and oxygen atoms in total. The van der Waals surface area contributed by atoms with Gasteiger partial charge in [-0.3, -0.25) is 0 Å². The maximum absolute atomic E-state index is 9.52. The molecule has 15 heavy (non-hydrogen) atoms. The number of halogens is 2. The fourth-order valence-corrected chi connectivity index (χ4v) is 1.71. The van der Waals surface area contributed by atoms with Crippen LogP contribution in [0.1, 0.15) is 18.9 Å². The number of hydrogen-bond donors (Lipinski definition) is 1. The third-order valence-corrected chi connectivity index (χ3v) is 2.96. The number of phenolic OH excluding ortho intramolecular Hbond substituents is 1. The van der Waals surface area contributed by atoms with Crippen molar-refractivity contribution in [2.45, 2.75) is 25.1 Å². The van der Waals surface area contributed by atoms with Gasteiger partial charge in [0.1, 0.15) is 0 Å². The molecule has 4 heteroatoms. The fraction of sp³-hybridized carbons (Fsp3) is 0.455. The Kier molecular flexibility index (Phi) is 4.55. The van der Waals surface area contributed by atoms with Crippen molar-refractivity contribution >= 4 is 23.2 Å². The number of hydrogen-bond acceptors (Lipinski definition) is 2. The second-order valence-electron chi connectivity index (χ2n) is 3.34. The van der Waals surface area contributed by atoms with Crippen LogP contribution in [-0.4, -0.2) is 17.6 Å². The van der Waals surface area contributed by atoms with E-state index in [-0.39, 0.29) is 11.1 Å². The van der Waals surface area contributed by atoms with Gasteiger partial charge >= 0.3 is 0 Å². The summed E-state index contributed by atoms with van der Waals surface area (Å²) >= 11 is 11.9. The van der Waals surface area contributed by atoms with E-state index in [1.54, 1.807) is 12.1 Å². The Bertz CT molecular complexity index is 340. The highest BCUT2D eigenvalue weighted by Crippen LogP contribution is 2.35. The molecule has 0 aromatic heterocycles. The first-order chi connectivity index (χ1) is 7.08. The minimum Gasteiger partial charge on any atom is -0.503 e. The van der Waals surface area contributed by atoms with Gasteiger partial charge in [-0.05, 0) is 30.5 Å². The second-order valence-corrected chi connectivity index (χ2v) is 4.36. The van der Waals surface area contributed by atoms with Gasteiger partial charge in [-0.15, -0.1) is 11.6 Å². The van der Waals surface area contributed by atoms with Gasteiger partial charge in [0.25, 0.3) is 0 Å². The van der Waals surface area contributed by atoms with Crippen LogP contribution < -0.4 is 4.74 Å². The number of ether oxygens (including phenoxy) is 1. The van der Waals surface area contributed by atoms with Gasteiger partial charge in [0.15, 0.2) is 11.5 Å². The Morgan fingerprint density at radius 1 is 1.47 bits per heavy atom. The lowest BCUT2D eigenvalue weighted by molar-refractivity contribution is 0.373. The topological polar surface area (TPSA) is 29.5 Å². The smallest absolute Gasteiger partial charge is 0.176 e. The zero-order valence-corrected chi connectivity index (χ0v) is 10.3. The number of aromatic hydroxyl groups is 1. The highest BCUT2D eigenvalue weighted by atomic mass is 35.5. The van der Waals surface area contributed by atoms with E-state index in [1.807, 2.05) is 6.92 Å². The summed E-state index contributed by atoms with van der Waals surface area (Å²) in [6.07, 6.45) is 1.61. The summed E-state index contributed by atoms with van der Waals surface area (Å²) in [5, 5.41) is 9.90. The van der Waals surface area contributed by atoms with Crippen molar-refractivity contribution in [1.29, 1.82) is 0 Å². The van der Waals surface area contributed by atoms with Crippen molar-refractivity contribution in [1.82, 2.24) is 0 Å². The maximum atomic E-state index is 9.52. The Labute approximate surface area is 99.8 Å². The molecule has 0 amide bonds. The zero-order chi connectivity index (χ0) is 11.4. The van der Waals surface area contributed by atoms with Gasteiger partial charge in [0, 0.05) is 5.38 Å². The lowest BCUT2D eigenvalue weighted by Crippen LogP contribution is -2.01. The molecule has 0 saturated heterocycles. The van der Waals surface area contributed by atoms with E-state index in [9.17, 15) is 5.11 Å². The van der Waals surface area contributed by atoms with E-state index in [2.05, 4.69) is 0 Å². The fourth-order valence-electron chi connectivity index (χ4n) is 1.30. The normalized spacial score (nSPS) is 12.5. The first-order valence-electron chi connectivity index (χ1n) is 4.78. The summed E-state index contributed by atoms with van der Waals surface area (Å²) in [6, 6.07) is 3.47. The van der Waals surface area contributed by atoms with Crippen molar-refractivity contribution < 1.29 is 9.84 Å². The summed E-state index contributed by atoms with van der Waals surface area (Å²) < 4.78 is 5.00. The second kappa shape index (κ2) is 5.47. The minimum absolute atomic E-state index is 0.0227. The van der Waals surface area contributed by atoms with E-state index >= 15 is 0 Å². The molecule has 1 unspecified atom stereocenters. The zero-order valence-electron chi connectivity index (χ0n) is 8.76. The Hall–Kier alpha value is -0.600. The highest BCUT2D eigenvalue weighted by molar-refractivity contribution is 6.32. The molecular formula is C11H14Cl2O2. The van der Waals surface area contributed by atoms with Gasteiger partial charge in [0.2, 0.25) is 0 Å². The van der Waals surface area contributed by atoms with Gasteiger partial charge in [-0.2, -0.15) is 0 Å². The molecular weight excluding hydrogens is 235 g/mol. The molecule has 1 N–H and O–H groups in total. The van der Waals surface area contributed by atoms with Crippen LogP contribution >= 0.6 is 23.2 Å². The highest BCUT2D eigenvalue weighted by Gasteiger charge is 2.11. The lowest BCUT2D eigenvalue weighted by atomic mass is 10.1. The largest absolute Gasteiger partial charge is 0.503 e. The predicted molar refractivity (Wildman–Crippen MR) is 63.3 cm³/mol. The molecule has 0 bridgehead atoms. The first-order valence-corrected chi connectivity index (χ1v) is 5.59. The monoisotopic (exact) mass is 248 g/mol. The molecule has 84 valence electrons. The van der Waals surface area contributed by atoms with Crippen LogP contribution in [0.4, 0.5) is 0 Å². The lowest BCUT2D eigenvalue weighted by Gasteiger charge is -2.10. The van der Waals surface area contributed by atoms with Gasteiger partial charge < -0.3 is 9.84 Å². The number of phenols is 1. The molecule has 0 aliphatic carbocycles. The van der Waals surface area contributed by atoms with Gasteiger partial charge in [-0.1, -0.05) is 18.5 Å². The minimum atomic E-state index is -0.0227. The van der Waals surface area contributed by atoms with Crippen molar-refractivity contribution in [3.63, 3.8) is 0 Å². The molecule has 1 rings (SSSR count). The molecule has 0 heterocycles.